The van der Waals surface area contributed by atoms with Crippen molar-refractivity contribution in [2.45, 2.75) is 0 Å². The van der Waals surface area contributed by atoms with Crippen molar-refractivity contribution in [3.8, 4) is 22.5 Å². The first-order valence-corrected chi connectivity index (χ1v) is 15.1. The topological polar surface area (TPSA) is 37.8 Å². The molecule has 0 aliphatic rings. The molecule has 0 saturated carbocycles. The van der Waals surface area contributed by atoms with Crippen molar-refractivity contribution in [1.29, 1.82) is 0 Å². The van der Waals surface area contributed by atoms with Crippen molar-refractivity contribution in [1.82, 2.24) is 18.8 Å². The Kier molecular flexibility index (Phi) is 5.74. The minimum Gasteiger partial charge on any atom is -0.310 e. The second-order valence-corrected chi connectivity index (χ2v) is 11.3. The SMILES string of the molecule is c1ccc2cc3cc(N(c4ccc(-c5cn6ccccc6n5)cc4)c4ccc(-c5cn6ccccc6n5)cc4)ccc3cc2c1. The van der Waals surface area contributed by atoms with Gasteiger partial charge in [-0.3, -0.25) is 0 Å². The highest BCUT2D eigenvalue weighted by atomic mass is 15.1. The second kappa shape index (κ2) is 10.2. The highest BCUT2D eigenvalue weighted by Gasteiger charge is 2.15. The minimum absolute atomic E-state index is 0.938. The lowest BCUT2D eigenvalue weighted by molar-refractivity contribution is 1.19. The Labute approximate surface area is 259 Å². The highest BCUT2D eigenvalue weighted by Crippen LogP contribution is 2.38. The molecule has 0 aliphatic carbocycles. The fourth-order valence-corrected chi connectivity index (χ4v) is 6.22. The smallest absolute Gasteiger partial charge is 0.137 e. The lowest BCUT2D eigenvalue weighted by Crippen LogP contribution is -2.09. The van der Waals surface area contributed by atoms with Crippen LogP contribution in [0.5, 0.6) is 0 Å². The van der Waals surface area contributed by atoms with Crippen LogP contribution in [0.2, 0.25) is 0 Å². The van der Waals surface area contributed by atoms with E-state index in [1.165, 1.54) is 21.5 Å². The normalized spacial score (nSPS) is 11.6. The summed E-state index contributed by atoms with van der Waals surface area (Å²) < 4.78 is 4.11. The molecule has 45 heavy (non-hydrogen) atoms. The van der Waals surface area contributed by atoms with Gasteiger partial charge in [0.05, 0.1) is 11.4 Å². The fourth-order valence-electron chi connectivity index (χ4n) is 6.22. The average molecular weight is 578 g/mol. The molecular weight excluding hydrogens is 550 g/mol. The summed E-state index contributed by atoms with van der Waals surface area (Å²) in [5, 5.41) is 4.92. The van der Waals surface area contributed by atoms with Crippen molar-refractivity contribution in [3.63, 3.8) is 0 Å². The number of hydrogen-bond acceptors (Lipinski definition) is 3. The summed E-state index contributed by atoms with van der Waals surface area (Å²) >= 11 is 0. The molecule has 0 spiro atoms. The van der Waals surface area contributed by atoms with Crippen molar-refractivity contribution in [3.05, 3.63) is 164 Å². The first-order chi connectivity index (χ1) is 22.2. The van der Waals surface area contributed by atoms with E-state index in [2.05, 4.69) is 129 Å². The van der Waals surface area contributed by atoms with Gasteiger partial charge in [0.25, 0.3) is 0 Å². The van der Waals surface area contributed by atoms with Gasteiger partial charge in [-0.25, -0.2) is 9.97 Å². The maximum atomic E-state index is 4.83. The molecular formula is C40H27N5. The number of nitrogens with zero attached hydrogens (tertiary/aromatic N) is 5. The molecule has 5 heteroatoms. The van der Waals surface area contributed by atoms with Gasteiger partial charge in [-0.15, -0.1) is 0 Å². The zero-order chi connectivity index (χ0) is 29.7. The predicted molar refractivity (Wildman–Crippen MR) is 185 cm³/mol. The van der Waals surface area contributed by atoms with Gasteiger partial charge >= 0.3 is 0 Å². The van der Waals surface area contributed by atoms with Crippen LogP contribution in [-0.4, -0.2) is 18.8 Å². The van der Waals surface area contributed by atoms with Crippen LogP contribution in [-0.2, 0) is 0 Å². The van der Waals surface area contributed by atoms with E-state index >= 15 is 0 Å². The largest absolute Gasteiger partial charge is 0.310 e. The van der Waals surface area contributed by atoms with E-state index in [0.29, 0.717) is 0 Å². The molecule has 0 unspecified atom stereocenters. The molecule has 4 aromatic heterocycles. The lowest BCUT2D eigenvalue weighted by atomic mass is 10.0. The second-order valence-electron chi connectivity index (χ2n) is 11.3. The Morgan fingerprint density at radius 3 is 1.40 bits per heavy atom. The number of fused-ring (bicyclic) bond motifs is 4. The van der Waals surface area contributed by atoms with Gasteiger partial charge in [0.1, 0.15) is 11.3 Å². The summed E-state index contributed by atoms with van der Waals surface area (Å²) in [6.07, 6.45) is 8.21. The minimum atomic E-state index is 0.938. The molecule has 0 bridgehead atoms. The molecule has 0 amide bonds. The zero-order valence-electron chi connectivity index (χ0n) is 24.3. The number of benzene rings is 5. The van der Waals surface area contributed by atoms with Crippen LogP contribution >= 0.6 is 0 Å². The van der Waals surface area contributed by atoms with Gasteiger partial charge in [0.15, 0.2) is 0 Å². The summed E-state index contributed by atoms with van der Waals surface area (Å²) in [4.78, 5) is 12.0. The molecule has 9 aromatic rings. The molecule has 5 aromatic carbocycles. The molecule has 4 heterocycles. The highest BCUT2D eigenvalue weighted by molar-refractivity contribution is 6.00. The van der Waals surface area contributed by atoms with Crippen molar-refractivity contribution in [2.75, 3.05) is 4.90 Å². The first kappa shape index (κ1) is 25.3. The average Bonchev–Trinajstić information content (AvgIpc) is 3.73. The van der Waals surface area contributed by atoms with Crippen LogP contribution in [0.15, 0.2) is 164 Å². The van der Waals surface area contributed by atoms with Crippen LogP contribution in [0.1, 0.15) is 0 Å². The molecule has 0 atom stereocenters. The Balaban J connectivity index is 1.14. The summed E-state index contributed by atoms with van der Waals surface area (Å²) in [5.74, 6) is 0. The first-order valence-electron chi connectivity index (χ1n) is 15.1. The summed E-state index contributed by atoms with van der Waals surface area (Å²) in [5.41, 5.74) is 9.18. The van der Waals surface area contributed by atoms with Gasteiger partial charge in [-0.2, -0.15) is 0 Å². The Hall–Kier alpha value is -6.20. The van der Waals surface area contributed by atoms with E-state index < -0.39 is 0 Å². The van der Waals surface area contributed by atoms with Gasteiger partial charge in [-0.1, -0.05) is 66.7 Å². The molecule has 5 nitrogen and oxygen atoms in total. The third-order valence-electron chi connectivity index (χ3n) is 8.52. The fraction of sp³-hybridized carbons (Fsp3) is 0. The molecule has 0 saturated heterocycles. The maximum Gasteiger partial charge on any atom is 0.137 e. The molecule has 212 valence electrons. The van der Waals surface area contributed by atoms with Gasteiger partial charge in [0.2, 0.25) is 0 Å². The third-order valence-corrected chi connectivity index (χ3v) is 8.52. The molecule has 0 N–H and O–H groups in total. The van der Waals surface area contributed by atoms with Crippen molar-refractivity contribution in [2.24, 2.45) is 0 Å². The number of hydrogen-bond donors (Lipinski definition) is 0. The van der Waals surface area contributed by atoms with Crippen LogP contribution in [0, 0.1) is 0 Å². The quantitative estimate of drug-likeness (QED) is 0.191. The summed E-state index contributed by atoms with van der Waals surface area (Å²) in [7, 11) is 0. The maximum absolute atomic E-state index is 4.83. The van der Waals surface area contributed by atoms with Crippen LogP contribution < -0.4 is 4.90 Å². The van der Waals surface area contributed by atoms with Gasteiger partial charge < -0.3 is 13.7 Å². The van der Waals surface area contributed by atoms with Crippen LogP contribution in [0.3, 0.4) is 0 Å². The van der Waals surface area contributed by atoms with Gasteiger partial charge in [-0.05, 0) is 94.3 Å². The molecule has 0 aliphatic heterocycles. The number of rotatable bonds is 5. The monoisotopic (exact) mass is 577 g/mol. The number of anilines is 3. The van der Waals surface area contributed by atoms with Crippen LogP contribution in [0.4, 0.5) is 17.1 Å². The molecule has 0 radical (unpaired) electrons. The summed E-state index contributed by atoms with van der Waals surface area (Å²) in [6.45, 7) is 0. The predicted octanol–water partition coefficient (Wildman–Crippen LogP) is 10.1. The lowest BCUT2D eigenvalue weighted by Gasteiger charge is -2.26. The number of pyridine rings is 2. The van der Waals surface area contributed by atoms with E-state index in [0.717, 1.165) is 50.9 Å². The Morgan fingerprint density at radius 1 is 0.400 bits per heavy atom. The molecule has 0 fully saturated rings. The zero-order valence-corrected chi connectivity index (χ0v) is 24.3. The van der Waals surface area contributed by atoms with E-state index in [4.69, 9.17) is 9.97 Å². The van der Waals surface area contributed by atoms with Crippen molar-refractivity contribution < 1.29 is 0 Å². The summed E-state index contributed by atoms with van der Waals surface area (Å²) in [6, 6.07) is 49.3. The Morgan fingerprint density at radius 2 is 0.867 bits per heavy atom. The Bertz CT molecular complexity index is 2300. The van der Waals surface area contributed by atoms with Gasteiger partial charge in [0, 0.05) is 53.0 Å². The third kappa shape index (κ3) is 4.50. The van der Waals surface area contributed by atoms with E-state index in [1.54, 1.807) is 0 Å². The van der Waals surface area contributed by atoms with Crippen molar-refractivity contribution >= 4 is 49.9 Å². The number of imidazole rings is 2. The van der Waals surface area contributed by atoms with E-state index in [1.807, 2.05) is 48.8 Å². The number of aromatic nitrogens is 4. The molecule has 9 rings (SSSR count). The van der Waals surface area contributed by atoms with E-state index in [-0.39, 0.29) is 0 Å². The standard InChI is InChI=1S/C40H27N5/c1-2-8-31-24-33-25-36(20-15-32(33)23-30(31)7-1)45(34-16-11-28(12-17-34)37-26-43-21-5-3-9-39(43)41-37)35-18-13-29(14-19-35)38-27-44-22-6-4-10-40(44)42-38/h1-27H. The van der Waals surface area contributed by atoms with Crippen LogP contribution in [0.25, 0.3) is 55.4 Å². The van der Waals surface area contributed by atoms with E-state index in [9.17, 15) is 0 Å².